The highest BCUT2D eigenvalue weighted by molar-refractivity contribution is 7.73. The van der Waals surface area contributed by atoms with Gasteiger partial charge in [-0.05, 0) is 121 Å². The first kappa shape index (κ1) is 35.8. The second kappa shape index (κ2) is 16.8. The van der Waals surface area contributed by atoms with Gasteiger partial charge in [-0.25, -0.2) is 0 Å². The zero-order valence-corrected chi connectivity index (χ0v) is 32.2. The summed E-state index contributed by atoms with van der Waals surface area (Å²) in [7, 11) is 5.60. The van der Waals surface area contributed by atoms with Crippen molar-refractivity contribution in [1.82, 2.24) is 0 Å². The van der Waals surface area contributed by atoms with Gasteiger partial charge >= 0.3 is 0 Å². The molecule has 1 aliphatic carbocycles. The van der Waals surface area contributed by atoms with Crippen LogP contribution in [0, 0.1) is 11.8 Å². The highest BCUT2D eigenvalue weighted by Gasteiger charge is 2.34. The Balaban J connectivity index is 1.43. The lowest BCUT2D eigenvalue weighted by Gasteiger charge is -2.37. The molecule has 7 rings (SSSR count). The maximum atomic E-state index is 5.94. The molecule has 0 bridgehead atoms. The second-order valence-corrected chi connectivity index (χ2v) is 17.7. The van der Waals surface area contributed by atoms with Crippen LogP contribution in [-0.4, -0.2) is 40.8 Å². The van der Waals surface area contributed by atoms with Crippen molar-refractivity contribution in [2.75, 3.05) is 40.8 Å². The van der Waals surface area contributed by atoms with Gasteiger partial charge in [-0.3, -0.25) is 0 Å². The lowest BCUT2D eigenvalue weighted by Crippen LogP contribution is -2.32. The summed E-state index contributed by atoms with van der Waals surface area (Å²) in [6, 6.07) is 53.4. The van der Waals surface area contributed by atoms with Crippen LogP contribution in [0.15, 0.2) is 146 Å². The van der Waals surface area contributed by atoms with Crippen LogP contribution in [-0.2, 0) is 12.8 Å². The zero-order chi connectivity index (χ0) is 35.9. The molecule has 0 N–H and O–H groups in total. The number of ether oxygens (including phenoxy) is 4. The molecule has 4 nitrogen and oxygen atoms in total. The van der Waals surface area contributed by atoms with Crippen LogP contribution in [0.3, 0.4) is 0 Å². The molecule has 52 heavy (non-hydrogen) atoms. The van der Waals surface area contributed by atoms with Gasteiger partial charge in [-0.1, -0.05) is 121 Å². The van der Waals surface area contributed by atoms with Crippen LogP contribution in [0.5, 0.6) is 23.0 Å². The third kappa shape index (κ3) is 7.75. The van der Waals surface area contributed by atoms with Gasteiger partial charge in [0.2, 0.25) is 0 Å². The Bertz CT molecular complexity index is 1830. The van der Waals surface area contributed by atoms with Crippen molar-refractivity contribution in [2.45, 2.75) is 12.8 Å². The number of hydrogen-bond acceptors (Lipinski definition) is 4. The Morgan fingerprint density at radius 1 is 0.404 bits per heavy atom. The van der Waals surface area contributed by atoms with E-state index in [0.717, 1.165) is 59.3 Å². The molecule has 0 heterocycles. The maximum Gasteiger partial charge on any atom is 0.161 e. The zero-order valence-electron chi connectivity index (χ0n) is 30.4. The summed E-state index contributed by atoms with van der Waals surface area (Å²) in [6.07, 6.45) is 3.97. The van der Waals surface area contributed by atoms with E-state index in [0.29, 0.717) is 11.8 Å². The van der Waals surface area contributed by atoms with E-state index < -0.39 is 15.8 Å². The summed E-state index contributed by atoms with van der Waals surface area (Å²) in [5.41, 5.74) is 4.85. The molecule has 0 radical (unpaired) electrons. The molecule has 0 fully saturated rings. The molecule has 0 aromatic heterocycles. The third-order valence-electron chi connectivity index (χ3n) is 10.2. The summed E-state index contributed by atoms with van der Waals surface area (Å²) in [6.45, 7) is 0. The highest BCUT2D eigenvalue weighted by Crippen LogP contribution is 2.50. The van der Waals surface area contributed by atoms with Crippen molar-refractivity contribution < 1.29 is 18.9 Å². The third-order valence-corrected chi connectivity index (χ3v) is 15.6. The Labute approximate surface area is 311 Å². The fraction of sp³-hybridized carbons (Fsp3) is 0.217. The van der Waals surface area contributed by atoms with Crippen LogP contribution >= 0.6 is 15.8 Å². The van der Waals surface area contributed by atoms with E-state index in [-0.39, 0.29) is 0 Å². The van der Waals surface area contributed by atoms with Crippen molar-refractivity contribution in [2.24, 2.45) is 11.8 Å². The number of methoxy groups -OCH3 is 4. The minimum atomic E-state index is -0.642. The molecule has 0 unspecified atom stereocenters. The summed E-state index contributed by atoms with van der Waals surface area (Å²) in [4.78, 5) is 0. The van der Waals surface area contributed by atoms with E-state index >= 15 is 0 Å². The average molecular weight is 725 g/mol. The van der Waals surface area contributed by atoms with Crippen molar-refractivity contribution in [3.05, 3.63) is 157 Å². The molecule has 2 atom stereocenters. The van der Waals surface area contributed by atoms with E-state index in [9.17, 15) is 0 Å². The van der Waals surface area contributed by atoms with Gasteiger partial charge in [0, 0.05) is 0 Å². The van der Waals surface area contributed by atoms with Gasteiger partial charge in [-0.2, -0.15) is 0 Å². The normalized spacial score (nSPS) is 15.3. The van der Waals surface area contributed by atoms with Crippen LogP contribution in [0.2, 0.25) is 0 Å². The van der Waals surface area contributed by atoms with Gasteiger partial charge in [-0.15, -0.1) is 0 Å². The Morgan fingerprint density at radius 3 is 0.942 bits per heavy atom. The molecule has 264 valence electrons. The Morgan fingerprint density at radius 2 is 0.673 bits per heavy atom. The molecule has 6 heteroatoms. The van der Waals surface area contributed by atoms with Gasteiger partial charge in [0.25, 0.3) is 0 Å². The molecule has 0 spiro atoms. The van der Waals surface area contributed by atoms with Crippen molar-refractivity contribution in [3.8, 4) is 34.1 Å². The minimum Gasteiger partial charge on any atom is -0.493 e. The average Bonchev–Trinajstić information content (AvgIpc) is 3.21. The minimum absolute atomic E-state index is 0.363. The predicted octanol–water partition coefficient (Wildman–Crippen LogP) is 8.98. The number of hydrogen-bond donors (Lipinski definition) is 0. The SMILES string of the molecule is COc1cc2c(cc1OC)-c1cc(OC)c(OC)cc1C[C@@H](CP(c1ccccc1)c1ccccc1)[C@H](CP(c1ccccc1)c1ccccc1)C2. The van der Waals surface area contributed by atoms with E-state index in [1.165, 1.54) is 32.3 Å². The lowest BCUT2D eigenvalue weighted by molar-refractivity contribution is 0.350. The fourth-order valence-corrected chi connectivity index (χ4v) is 13.0. The standard InChI is InChI=1S/C46H46O4P2/c1-47-43-27-33-25-35(31-51(37-17-9-5-10-18-37)38-19-11-6-12-20-38)36(32-52(39-21-13-7-14-22-39)40-23-15-8-16-24-40)26-34-28-44(48-2)46(50-4)30-42(34)41(33)29-45(43)49-3/h5-24,27-30,35-36H,25-26,31-32H2,1-4H3/t35-,36-/m0/s1. The maximum absolute atomic E-state index is 5.94. The van der Waals surface area contributed by atoms with Crippen LogP contribution in [0.25, 0.3) is 11.1 Å². The van der Waals surface area contributed by atoms with Crippen molar-refractivity contribution in [3.63, 3.8) is 0 Å². The van der Waals surface area contributed by atoms with E-state index in [1.54, 1.807) is 28.4 Å². The molecular formula is C46H46O4P2. The molecule has 6 aromatic carbocycles. The van der Waals surface area contributed by atoms with Gasteiger partial charge < -0.3 is 18.9 Å². The van der Waals surface area contributed by atoms with Crippen molar-refractivity contribution in [1.29, 1.82) is 0 Å². The number of rotatable bonds is 12. The van der Waals surface area contributed by atoms with Crippen LogP contribution in [0.1, 0.15) is 11.1 Å². The quantitative estimate of drug-likeness (QED) is 0.118. The summed E-state index contributed by atoms with van der Waals surface area (Å²) in [5.74, 6) is 3.68. The first-order chi connectivity index (χ1) is 25.6. The van der Waals surface area contributed by atoms with E-state index in [1.807, 2.05) is 0 Å². The molecular weight excluding hydrogens is 678 g/mol. The van der Waals surface area contributed by atoms with Gasteiger partial charge in [0.1, 0.15) is 0 Å². The van der Waals surface area contributed by atoms with Gasteiger partial charge in [0.05, 0.1) is 28.4 Å². The molecule has 6 aromatic rings. The van der Waals surface area contributed by atoms with E-state index in [2.05, 4.69) is 146 Å². The lowest BCUT2D eigenvalue weighted by atomic mass is 9.78. The Kier molecular flexibility index (Phi) is 11.6. The number of fused-ring (bicyclic) bond motifs is 3. The second-order valence-electron chi connectivity index (χ2n) is 13.2. The van der Waals surface area contributed by atoms with Crippen LogP contribution < -0.4 is 40.2 Å². The molecule has 0 amide bonds. The molecule has 0 aliphatic heterocycles. The number of benzene rings is 6. The highest BCUT2D eigenvalue weighted by atomic mass is 31.1. The molecule has 1 aliphatic rings. The Hall–Kier alpha value is -4.62. The summed E-state index contributed by atoms with van der Waals surface area (Å²) in [5, 5.41) is 5.66. The molecule has 0 saturated carbocycles. The monoisotopic (exact) mass is 724 g/mol. The topological polar surface area (TPSA) is 36.9 Å². The van der Waals surface area contributed by atoms with Gasteiger partial charge in [0.15, 0.2) is 23.0 Å². The summed E-state index contributed by atoms with van der Waals surface area (Å²) >= 11 is 0. The predicted molar refractivity (Wildman–Crippen MR) is 220 cm³/mol. The summed E-state index contributed by atoms with van der Waals surface area (Å²) < 4.78 is 23.7. The van der Waals surface area contributed by atoms with Crippen molar-refractivity contribution >= 4 is 37.1 Å². The first-order valence-corrected chi connectivity index (χ1v) is 20.9. The fourth-order valence-electron chi connectivity index (χ4n) is 7.63. The largest absolute Gasteiger partial charge is 0.493 e. The smallest absolute Gasteiger partial charge is 0.161 e. The van der Waals surface area contributed by atoms with Crippen LogP contribution in [0.4, 0.5) is 0 Å². The van der Waals surface area contributed by atoms with E-state index in [4.69, 9.17) is 18.9 Å². The molecule has 0 saturated heterocycles. The first-order valence-electron chi connectivity index (χ1n) is 17.9.